The molecule has 0 saturated carbocycles. The number of halogens is 2. The SMILES string of the molecule is CNC(=O)CCC(C=O)Nc1ccc(N2CCN(C(=O)CCCCCCCNC(=O)c3ccc(NC4CCOCC4)c(C(=O)Nc4n[nH]c5ccc(Cc6cc(F)cc(F)c6)cc45)c3)CC2)cc1. The number of aromatic amines is 1. The number of rotatable bonds is 22. The highest BCUT2D eigenvalue weighted by molar-refractivity contribution is 6.12. The van der Waals surface area contributed by atoms with E-state index in [-0.39, 0.29) is 48.0 Å². The molecular formula is C51H61F2N9O6. The number of hydrogen-bond donors (Lipinski definition) is 6. The minimum atomic E-state index is -0.653. The van der Waals surface area contributed by atoms with Gasteiger partial charge in [-0.05, 0) is 116 Å². The van der Waals surface area contributed by atoms with E-state index < -0.39 is 23.6 Å². The van der Waals surface area contributed by atoms with Crippen molar-refractivity contribution in [2.75, 3.05) is 73.8 Å². The Morgan fingerprint density at radius 1 is 0.824 bits per heavy atom. The van der Waals surface area contributed by atoms with Gasteiger partial charge in [-0.2, -0.15) is 5.10 Å². The third kappa shape index (κ3) is 13.8. The van der Waals surface area contributed by atoms with Gasteiger partial charge in [-0.1, -0.05) is 25.3 Å². The number of amides is 4. The minimum Gasteiger partial charge on any atom is -0.381 e. The van der Waals surface area contributed by atoms with Crippen LogP contribution in [0, 0.1) is 11.6 Å². The van der Waals surface area contributed by atoms with Crippen molar-refractivity contribution in [3.63, 3.8) is 0 Å². The van der Waals surface area contributed by atoms with Crippen molar-refractivity contribution >= 4 is 63.7 Å². The Kier molecular flexibility index (Phi) is 17.5. The first-order valence-corrected chi connectivity index (χ1v) is 23.6. The normalized spacial score (nSPS) is 14.6. The van der Waals surface area contributed by atoms with Gasteiger partial charge >= 0.3 is 0 Å². The van der Waals surface area contributed by atoms with Gasteiger partial charge in [-0.15, -0.1) is 0 Å². The van der Waals surface area contributed by atoms with Crippen LogP contribution in [0.5, 0.6) is 0 Å². The Morgan fingerprint density at radius 2 is 1.56 bits per heavy atom. The van der Waals surface area contributed by atoms with Crippen molar-refractivity contribution < 1.29 is 37.5 Å². The van der Waals surface area contributed by atoms with Gasteiger partial charge in [0, 0.05) is 106 Å². The second-order valence-electron chi connectivity index (χ2n) is 17.4. The van der Waals surface area contributed by atoms with E-state index in [0.717, 1.165) is 87.3 Å². The second-order valence-corrected chi connectivity index (χ2v) is 17.4. The number of ether oxygens (including phenoxy) is 1. The van der Waals surface area contributed by atoms with Gasteiger partial charge in [0.1, 0.15) is 17.9 Å². The molecule has 2 aliphatic heterocycles. The summed E-state index contributed by atoms with van der Waals surface area (Å²) in [6.45, 7) is 4.44. The quantitative estimate of drug-likeness (QED) is 0.0306. The highest BCUT2D eigenvalue weighted by Crippen LogP contribution is 2.28. The highest BCUT2D eigenvalue weighted by Gasteiger charge is 2.23. The van der Waals surface area contributed by atoms with Crippen molar-refractivity contribution in [2.24, 2.45) is 0 Å². The van der Waals surface area contributed by atoms with Crippen molar-refractivity contribution in [1.29, 1.82) is 0 Å². The standard InChI is InChI=1S/C51H61F2N9O6/c1-54-47(64)17-12-41(33-63)56-39-10-13-42(14-11-39)61-21-23-62(24-22-61)48(65)7-5-3-2-4-6-20-55-50(66)36-9-16-45(57-40-18-25-68-26-19-40)44(31-36)51(67)58-49-43-30-34(8-15-46(43)59-60-49)27-35-28-37(52)32-38(53)29-35/h8-11,13-16,28-33,40-41,56-57H,2-7,12,17-27H2,1H3,(H,54,64)(H,55,66)(H2,58,59,60,67). The number of benzene rings is 4. The van der Waals surface area contributed by atoms with Gasteiger partial charge in [0.15, 0.2) is 5.82 Å². The number of anilines is 4. The Hall–Kier alpha value is -6.88. The summed E-state index contributed by atoms with van der Waals surface area (Å²) in [6, 6.07) is 21.4. The van der Waals surface area contributed by atoms with E-state index in [1.54, 1.807) is 31.3 Å². The molecule has 2 saturated heterocycles. The molecule has 2 fully saturated rings. The zero-order chi connectivity index (χ0) is 47.8. The van der Waals surface area contributed by atoms with Crippen LogP contribution in [0.1, 0.15) is 96.1 Å². The molecule has 15 nitrogen and oxygen atoms in total. The van der Waals surface area contributed by atoms with Crippen molar-refractivity contribution in [3.8, 4) is 0 Å². The molecule has 17 heteroatoms. The number of aromatic nitrogens is 2. The van der Waals surface area contributed by atoms with Crippen LogP contribution in [0.2, 0.25) is 0 Å². The molecule has 4 aromatic carbocycles. The lowest BCUT2D eigenvalue weighted by molar-refractivity contribution is -0.131. The third-order valence-corrected chi connectivity index (χ3v) is 12.5. The topological polar surface area (TPSA) is 190 Å². The molecule has 0 radical (unpaired) electrons. The summed E-state index contributed by atoms with van der Waals surface area (Å²) < 4.78 is 33.3. The summed E-state index contributed by atoms with van der Waals surface area (Å²) in [5, 5.41) is 23.0. The molecule has 5 aromatic rings. The maximum absolute atomic E-state index is 14.0. The van der Waals surface area contributed by atoms with Crippen LogP contribution in [0.15, 0.2) is 78.9 Å². The summed E-state index contributed by atoms with van der Waals surface area (Å²) in [5.41, 5.74) is 4.98. The Morgan fingerprint density at radius 3 is 2.29 bits per heavy atom. The van der Waals surface area contributed by atoms with Crippen LogP contribution >= 0.6 is 0 Å². The van der Waals surface area contributed by atoms with E-state index in [9.17, 15) is 32.8 Å². The second kappa shape index (κ2) is 24.2. The van der Waals surface area contributed by atoms with Crippen LogP contribution in [0.4, 0.5) is 31.7 Å². The molecule has 0 bridgehead atoms. The molecule has 3 heterocycles. The molecule has 4 amide bonds. The number of hydrogen-bond acceptors (Lipinski definition) is 10. The smallest absolute Gasteiger partial charge is 0.259 e. The molecule has 360 valence electrons. The lowest BCUT2D eigenvalue weighted by atomic mass is 10.0. The van der Waals surface area contributed by atoms with Gasteiger partial charge < -0.3 is 45.9 Å². The van der Waals surface area contributed by atoms with Gasteiger partial charge in [0.05, 0.1) is 17.1 Å². The monoisotopic (exact) mass is 933 g/mol. The van der Waals surface area contributed by atoms with E-state index in [4.69, 9.17) is 4.74 Å². The number of carbonyl (C=O) groups is 5. The fraction of sp³-hybridized carbons (Fsp3) is 0.412. The Balaban J connectivity index is 0.837. The largest absolute Gasteiger partial charge is 0.381 e. The van der Waals surface area contributed by atoms with Gasteiger partial charge in [-0.25, -0.2) is 8.78 Å². The number of carbonyl (C=O) groups excluding carboxylic acids is 5. The molecule has 1 unspecified atom stereocenters. The minimum absolute atomic E-state index is 0.0881. The number of nitrogens with one attached hydrogen (secondary N) is 6. The number of H-pyrrole nitrogens is 1. The fourth-order valence-electron chi connectivity index (χ4n) is 8.63. The molecule has 1 atom stereocenters. The third-order valence-electron chi connectivity index (χ3n) is 12.5. The van der Waals surface area contributed by atoms with E-state index in [2.05, 4.69) is 41.7 Å². The molecule has 0 aliphatic carbocycles. The fourth-order valence-corrected chi connectivity index (χ4v) is 8.63. The summed E-state index contributed by atoms with van der Waals surface area (Å²) >= 11 is 0. The summed E-state index contributed by atoms with van der Waals surface area (Å²) in [4.78, 5) is 67.7. The van der Waals surface area contributed by atoms with Crippen LogP contribution in [-0.4, -0.2) is 110 Å². The van der Waals surface area contributed by atoms with Gasteiger partial charge in [-0.3, -0.25) is 24.3 Å². The average molecular weight is 934 g/mol. The number of piperazine rings is 1. The van der Waals surface area contributed by atoms with Crippen LogP contribution in [0.25, 0.3) is 10.9 Å². The molecule has 6 N–H and O–H groups in total. The highest BCUT2D eigenvalue weighted by atomic mass is 19.1. The summed E-state index contributed by atoms with van der Waals surface area (Å²) in [6.07, 6.45) is 8.13. The van der Waals surface area contributed by atoms with E-state index >= 15 is 0 Å². The first-order valence-electron chi connectivity index (χ1n) is 23.6. The zero-order valence-corrected chi connectivity index (χ0v) is 38.5. The first-order chi connectivity index (χ1) is 33.0. The lowest BCUT2D eigenvalue weighted by Crippen LogP contribution is -2.48. The molecule has 2 aliphatic rings. The van der Waals surface area contributed by atoms with Crippen molar-refractivity contribution in [1.82, 2.24) is 25.7 Å². The number of unbranched alkanes of at least 4 members (excludes halogenated alkanes) is 4. The maximum Gasteiger partial charge on any atom is 0.259 e. The maximum atomic E-state index is 14.0. The van der Waals surface area contributed by atoms with Crippen LogP contribution in [0.3, 0.4) is 0 Å². The van der Waals surface area contributed by atoms with Crippen molar-refractivity contribution in [2.45, 2.75) is 82.7 Å². The molecule has 7 rings (SSSR count). The number of aldehydes is 1. The van der Waals surface area contributed by atoms with Crippen LogP contribution in [-0.2, 0) is 25.5 Å². The predicted molar refractivity (Wildman–Crippen MR) is 259 cm³/mol. The lowest BCUT2D eigenvalue weighted by Gasteiger charge is -2.36. The van der Waals surface area contributed by atoms with Crippen LogP contribution < -0.4 is 31.5 Å². The zero-order valence-electron chi connectivity index (χ0n) is 38.5. The molecular weight excluding hydrogens is 873 g/mol. The number of fused-ring (bicyclic) bond motifs is 1. The van der Waals surface area contributed by atoms with Gasteiger partial charge in [0.2, 0.25) is 11.8 Å². The van der Waals surface area contributed by atoms with E-state index in [1.165, 1.54) is 12.1 Å². The van der Waals surface area contributed by atoms with E-state index in [1.807, 2.05) is 41.3 Å². The van der Waals surface area contributed by atoms with Crippen molar-refractivity contribution in [3.05, 3.63) is 113 Å². The summed E-state index contributed by atoms with van der Waals surface area (Å²) in [5.74, 6) is -1.72. The van der Waals surface area contributed by atoms with Gasteiger partial charge in [0.25, 0.3) is 11.8 Å². The average Bonchev–Trinajstić information content (AvgIpc) is 3.74. The van der Waals surface area contributed by atoms with E-state index in [0.29, 0.717) is 73.4 Å². The molecule has 0 spiro atoms. The molecule has 68 heavy (non-hydrogen) atoms. The first kappa shape index (κ1) is 49.0. The summed E-state index contributed by atoms with van der Waals surface area (Å²) in [7, 11) is 1.57. The Bertz CT molecular complexity index is 2500. The predicted octanol–water partition coefficient (Wildman–Crippen LogP) is 7.20. The number of nitrogens with zero attached hydrogens (tertiary/aromatic N) is 3. The molecule has 1 aromatic heterocycles. The Labute approximate surface area is 395 Å².